The quantitative estimate of drug-likeness (QED) is 0.585. The van der Waals surface area contributed by atoms with Crippen LogP contribution in [0.4, 0.5) is 0 Å². The highest BCUT2D eigenvalue weighted by atomic mass is 14.9. The Kier molecular flexibility index (Phi) is 4.14. The van der Waals surface area contributed by atoms with E-state index in [2.05, 4.69) is 25.7 Å². The molecule has 0 aromatic rings. The highest BCUT2D eigenvalue weighted by molar-refractivity contribution is 4.93. The average molecular weight is 128 g/mol. The Balaban J connectivity index is 3.28. The van der Waals surface area contributed by atoms with Gasteiger partial charge in [-0.15, -0.1) is 0 Å². The Hall–Kier alpha value is -0.500. The van der Waals surface area contributed by atoms with Gasteiger partial charge in [0, 0.05) is 18.8 Å². The van der Waals surface area contributed by atoms with Crippen molar-refractivity contribution >= 4 is 0 Å². The van der Waals surface area contributed by atoms with E-state index in [-0.39, 0.29) is 0 Å². The molecule has 0 spiro atoms. The number of nitrogens with two attached hydrogens (primary N) is 1. The summed E-state index contributed by atoms with van der Waals surface area (Å²) in [5.41, 5.74) is 6.34. The molecule has 0 aromatic carbocycles. The van der Waals surface area contributed by atoms with E-state index >= 15 is 0 Å². The van der Waals surface area contributed by atoms with E-state index in [4.69, 9.17) is 5.73 Å². The van der Waals surface area contributed by atoms with E-state index in [9.17, 15) is 0 Å². The monoisotopic (exact) mass is 128 g/mol. The number of nitrogens with one attached hydrogen (secondary N) is 1. The van der Waals surface area contributed by atoms with Crippen molar-refractivity contribution in [2.24, 2.45) is 11.7 Å². The van der Waals surface area contributed by atoms with Gasteiger partial charge in [0.25, 0.3) is 0 Å². The summed E-state index contributed by atoms with van der Waals surface area (Å²) in [4.78, 5) is 0. The van der Waals surface area contributed by atoms with Gasteiger partial charge < -0.3 is 11.1 Å². The summed E-state index contributed by atoms with van der Waals surface area (Å²) in [5.74, 6) is 0.511. The average Bonchev–Trinajstić information content (AvgIpc) is 1.82. The van der Waals surface area contributed by atoms with Crippen molar-refractivity contribution in [3.05, 3.63) is 12.3 Å². The molecule has 0 rings (SSSR count). The van der Waals surface area contributed by atoms with Gasteiger partial charge in [-0.3, -0.25) is 0 Å². The van der Waals surface area contributed by atoms with E-state index in [1.165, 1.54) is 0 Å². The molecule has 2 heteroatoms. The van der Waals surface area contributed by atoms with Gasteiger partial charge in [-0.05, 0) is 5.92 Å². The smallest absolute Gasteiger partial charge is 0.0266 e. The number of allylic oxidation sites excluding steroid dienone is 1. The Bertz CT molecular complexity index is 86.9. The molecule has 0 aromatic heterocycles. The molecule has 0 saturated carbocycles. The third-order valence-electron chi connectivity index (χ3n) is 1.19. The lowest BCUT2D eigenvalue weighted by molar-refractivity contribution is 0.658. The zero-order chi connectivity index (χ0) is 7.28. The lowest BCUT2D eigenvalue weighted by atomic mass is 10.1. The summed E-state index contributed by atoms with van der Waals surface area (Å²) in [6, 6.07) is 0. The molecule has 0 fully saturated rings. The second-order valence-corrected chi connectivity index (χ2v) is 2.40. The topological polar surface area (TPSA) is 38.0 Å². The minimum absolute atomic E-state index is 0.511. The molecule has 9 heavy (non-hydrogen) atoms. The van der Waals surface area contributed by atoms with Gasteiger partial charge in [0.2, 0.25) is 0 Å². The molecule has 0 unspecified atom stereocenters. The van der Waals surface area contributed by atoms with E-state index < -0.39 is 0 Å². The van der Waals surface area contributed by atoms with Gasteiger partial charge in [-0.1, -0.05) is 20.4 Å². The van der Waals surface area contributed by atoms with Gasteiger partial charge in [-0.2, -0.15) is 0 Å². The first kappa shape index (κ1) is 8.50. The first-order chi connectivity index (χ1) is 4.18. The van der Waals surface area contributed by atoms with Crippen molar-refractivity contribution in [3.63, 3.8) is 0 Å². The second-order valence-electron chi connectivity index (χ2n) is 2.40. The van der Waals surface area contributed by atoms with Gasteiger partial charge in [0.1, 0.15) is 0 Å². The van der Waals surface area contributed by atoms with Gasteiger partial charge >= 0.3 is 0 Å². The second kappa shape index (κ2) is 4.39. The number of hydrogen-bond acceptors (Lipinski definition) is 2. The Morgan fingerprint density at radius 1 is 1.67 bits per heavy atom. The summed E-state index contributed by atoms with van der Waals surface area (Å²) in [6.45, 7) is 9.53. The van der Waals surface area contributed by atoms with Crippen LogP contribution < -0.4 is 11.1 Å². The van der Waals surface area contributed by atoms with Crippen LogP contribution in [0.25, 0.3) is 0 Å². The molecule has 0 aliphatic rings. The third kappa shape index (κ3) is 4.03. The van der Waals surface area contributed by atoms with E-state index in [1.54, 1.807) is 0 Å². The van der Waals surface area contributed by atoms with Crippen LogP contribution in [0, 0.1) is 5.92 Å². The highest BCUT2D eigenvalue weighted by Crippen LogP contribution is 2.00. The van der Waals surface area contributed by atoms with Crippen LogP contribution in [0.3, 0.4) is 0 Å². The fourth-order valence-corrected chi connectivity index (χ4v) is 0.437. The maximum atomic E-state index is 5.27. The summed E-state index contributed by atoms with van der Waals surface area (Å²) >= 11 is 0. The van der Waals surface area contributed by atoms with Crippen LogP contribution in [-0.2, 0) is 0 Å². The zero-order valence-corrected chi connectivity index (χ0v) is 6.28. The van der Waals surface area contributed by atoms with E-state index in [1.807, 2.05) is 0 Å². The predicted octanol–water partition coefficient (Wildman–Crippen LogP) is 0.704. The van der Waals surface area contributed by atoms with E-state index in [0.717, 1.165) is 12.2 Å². The van der Waals surface area contributed by atoms with Gasteiger partial charge in [0.05, 0.1) is 0 Å². The van der Waals surface area contributed by atoms with Crippen LogP contribution in [-0.4, -0.2) is 13.1 Å². The molecule has 0 radical (unpaired) electrons. The van der Waals surface area contributed by atoms with E-state index in [0.29, 0.717) is 12.5 Å². The Morgan fingerprint density at radius 3 is 2.56 bits per heavy atom. The summed E-state index contributed by atoms with van der Waals surface area (Å²) in [6.07, 6.45) is 0. The van der Waals surface area contributed by atoms with Crippen molar-refractivity contribution in [2.45, 2.75) is 13.8 Å². The number of rotatable bonds is 4. The molecule has 3 N–H and O–H groups in total. The molecule has 0 saturated heterocycles. The standard InChI is InChI=1S/C7H16N2/c1-6(2)7(3)9-5-4-8/h6,9H,3-5,8H2,1-2H3. The fraction of sp³-hybridized carbons (Fsp3) is 0.714. The van der Waals surface area contributed by atoms with Crippen LogP contribution in [0.5, 0.6) is 0 Å². The first-order valence-corrected chi connectivity index (χ1v) is 3.31. The SMILES string of the molecule is C=C(NCCN)C(C)C. The molecular formula is C7H16N2. The largest absolute Gasteiger partial charge is 0.387 e. The fourth-order valence-electron chi connectivity index (χ4n) is 0.437. The summed E-state index contributed by atoms with van der Waals surface area (Å²) < 4.78 is 0. The number of hydrogen-bond donors (Lipinski definition) is 2. The molecule has 0 aliphatic heterocycles. The molecule has 0 aliphatic carbocycles. The minimum Gasteiger partial charge on any atom is -0.387 e. The van der Waals surface area contributed by atoms with Crippen molar-refractivity contribution in [2.75, 3.05) is 13.1 Å². The van der Waals surface area contributed by atoms with Crippen molar-refractivity contribution in [1.29, 1.82) is 0 Å². The van der Waals surface area contributed by atoms with Crippen molar-refractivity contribution in [1.82, 2.24) is 5.32 Å². The molecule has 2 nitrogen and oxygen atoms in total. The van der Waals surface area contributed by atoms with Crippen LogP contribution in [0.1, 0.15) is 13.8 Å². The minimum atomic E-state index is 0.511. The summed E-state index contributed by atoms with van der Waals surface area (Å²) in [5, 5.41) is 3.11. The lowest BCUT2D eigenvalue weighted by Gasteiger charge is -2.10. The summed E-state index contributed by atoms with van der Waals surface area (Å²) in [7, 11) is 0. The maximum Gasteiger partial charge on any atom is 0.0266 e. The maximum absolute atomic E-state index is 5.27. The molecule has 0 bridgehead atoms. The molecular weight excluding hydrogens is 112 g/mol. The van der Waals surface area contributed by atoms with Crippen LogP contribution >= 0.6 is 0 Å². The normalized spacial score (nSPS) is 9.78. The van der Waals surface area contributed by atoms with Crippen LogP contribution in [0.15, 0.2) is 12.3 Å². The van der Waals surface area contributed by atoms with Crippen molar-refractivity contribution in [3.8, 4) is 0 Å². The van der Waals surface area contributed by atoms with Crippen LogP contribution in [0.2, 0.25) is 0 Å². The third-order valence-corrected chi connectivity index (χ3v) is 1.19. The molecule has 54 valence electrons. The molecule has 0 heterocycles. The predicted molar refractivity (Wildman–Crippen MR) is 41.0 cm³/mol. The molecule has 0 atom stereocenters. The first-order valence-electron chi connectivity index (χ1n) is 3.31. The van der Waals surface area contributed by atoms with Gasteiger partial charge in [-0.25, -0.2) is 0 Å². The Morgan fingerprint density at radius 2 is 2.22 bits per heavy atom. The van der Waals surface area contributed by atoms with Gasteiger partial charge in [0.15, 0.2) is 0 Å². The lowest BCUT2D eigenvalue weighted by Crippen LogP contribution is -2.23. The van der Waals surface area contributed by atoms with Crippen molar-refractivity contribution < 1.29 is 0 Å². The molecule has 0 amide bonds. The Labute approximate surface area is 57.1 Å². The highest BCUT2D eigenvalue weighted by Gasteiger charge is 1.95. The zero-order valence-electron chi connectivity index (χ0n) is 6.28.